The maximum Gasteiger partial charge on any atom is 0.227 e. The highest BCUT2D eigenvalue weighted by atomic mass is 35.5. The van der Waals surface area contributed by atoms with Crippen molar-refractivity contribution in [2.45, 2.75) is 25.3 Å². The number of fused-ring (bicyclic) bond motifs is 4. The molecule has 136 valence electrons. The van der Waals surface area contributed by atoms with Gasteiger partial charge in [-0.2, -0.15) is 0 Å². The zero-order valence-electron chi connectivity index (χ0n) is 14.3. The maximum atomic E-state index is 12.7. The minimum atomic E-state index is -0.122. The van der Waals surface area contributed by atoms with Gasteiger partial charge in [0.05, 0.1) is 24.0 Å². The van der Waals surface area contributed by atoms with E-state index < -0.39 is 0 Å². The Labute approximate surface area is 152 Å². The molecule has 0 unspecified atom stereocenters. The fourth-order valence-corrected chi connectivity index (χ4v) is 3.88. The van der Waals surface area contributed by atoms with Crippen LogP contribution in [0.5, 0.6) is 5.75 Å². The summed E-state index contributed by atoms with van der Waals surface area (Å²) in [6.07, 6.45) is 1.97. The maximum absolute atomic E-state index is 12.7. The summed E-state index contributed by atoms with van der Waals surface area (Å²) in [5.74, 6) is 0.00403. The van der Waals surface area contributed by atoms with Crippen molar-refractivity contribution >= 4 is 23.4 Å². The summed E-state index contributed by atoms with van der Waals surface area (Å²) in [6, 6.07) is 4.86. The van der Waals surface area contributed by atoms with Gasteiger partial charge >= 0.3 is 0 Å². The summed E-state index contributed by atoms with van der Waals surface area (Å²) in [7, 11) is 1.62. The SMILES string of the molecule is COCCN1C(=O)[C@H]2CC[C@@H]1CN(C(=O)Cc1ccc(O)c(Cl)c1)C2. The van der Waals surface area contributed by atoms with E-state index in [1.54, 1.807) is 24.1 Å². The zero-order valence-corrected chi connectivity index (χ0v) is 15.0. The van der Waals surface area contributed by atoms with Gasteiger partial charge in [0.1, 0.15) is 5.75 Å². The lowest BCUT2D eigenvalue weighted by Gasteiger charge is -2.35. The summed E-state index contributed by atoms with van der Waals surface area (Å²) in [5.41, 5.74) is 0.756. The minimum Gasteiger partial charge on any atom is -0.506 e. The van der Waals surface area contributed by atoms with Gasteiger partial charge in [-0.1, -0.05) is 17.7 Å². The van der Waals surface area contributed by atoms with Crippen molar-refractivity contribution in [2.24, 2.45) is 5.92 Å². The molecule has 0 spiro atoms. The van der Waals surface area contributed by atoms with Crippen LogP contribution in [0.1, 0.15) is 18.4 Å². The van der Waals surface area contributed by atoms with Crippen LogP contribution in [-0.4, -0.2) is 66.1 Å². The van der Waals surface area contributed by atoms with Gasteiger partial charge in [-0.3, -0.25) is 9.59 Å². The van der Waals surface area contributed by atoms with E-state index in [0.29, 0.717) is 26.2 Å². The molecule has 1 aromatic carbocycles. The van der Waals surface area contributed by atoms with Crippen LogP contribution in [-0.2, 0) is 20.7 Å². The van der Waals surface area contributed by atoms with E-state index >= 15 is 0 Å². The van der Waals surface area contributed by atoms with E-state index in [-0.39, 0.29) is 41.0 Å². The largest absolute Gasteiger partial charge is 0.506 e. The molecule has 3 saturated heterocycles. The number of hydrogen-bond acceptors (Lipinski definition) is 4. The Balaban J connectivity index is 1.69. The molecule has 3 fully saturated rings. The van der Waals surface area contributed by atoms with E-state index in [0.717, 1.165) is 18.4 Å². The first-order valence-electron chi connectivity index (χ1n) is 8.54. The summed E-state index contributed by atoms with van der Waals surface area (Å²) >= 11 is 5.91. The van der Waals surface area contributed by atoms with Crippen LogP contribution < -0.4 is 0 Å². The van der Waals surface area contributed by atoms with Gasteiger partial charge in [-0.25, -0.2) is 0 Å². The number of methoxy groups -OCH3 is 1. The molecule has 4 rings (SSSR count). The fourth-order valence-electron chi connectivity index (χ4n) is 3.67. The normalized spacial score (nSPS) is 23.0. The number of hydrogen-bond donors (Lipinski definition) is 1. The van der Waals surface area contributed by atoms with E-state index in [4.69, 9.17) is 16.3 Å². The number of amides is 2. The van der Waals surface area contributed by atoms with Crippen LogP contribution in [0.25, 0.3) is 0 Å². The van der Waals surface area contributed by atoms with E-state index in [2.05, 4.69) is 0 Å². The lowest BCUT2D eigenvalue weighted by Crippen LogP contribution is -2.49. The molecular weight excluding hydrogens is 344 g/mol. The first kappa shape index (κ1) is 18.0. The van der Waals surface area contributed by atoms with Gasteiger partial charge in [0.2, 0.25) is 11.8 Å². The van der Waals surface area contributed by atoms with Gasteiger partial charge < -0.3 is 19.6 Å². The van der Waals surface area contributed by atoms with Crippen LogP contribution in [0.3, 0.4) is 0 Å². The van der Waals surface area contributed by atoms with E-state index in [1.165, 1.54) is 6.07 Å². The van der Waals surface area contributed by atoms with Gasteiger partial charge in [-0.05, 0) is 30.5 Å². The highest BCUT2D eigenvalue weighted by Gasteiger charge is 2.41. The number of phenols is 1. The van der Waals surface area contributed by atoms with Crippen molar-refractivity contribution in [3.8, 4) is 5.75 Å². The molecule has 2 atom stereocenters. The first-order valence-corrected chi connectivity index (χ1v) is 8.92. The number of phenolic OH excluding ortho intramolecular Hbond substituents is 1. The monoisotopic (exact) mass is 366 g/mol. The molecule has 7 heteroatoms. The summed E-state index contributed by atoms with van der Waals surface area (Å²) in [4.78, 5) is 29.0. The first-order chi connectivity index (χ1) is 12.0. The molecule has 6 nitrogen and oxygen atoms in total. The Morgan fingerprint density at radius 2 is 2.16 bits per heavy atom. The van der Waals surface area contributed by atoms with Crippen LogP contribution >= 0.6 is 11.6 Å². The Morgan fingerprint density at radius 1 is 1.36 bits per heavy atom. The average Bonchev–Trinajstić information content (AvgIpc) is 2.88. The third-order valence-electron chi connectivity index (χ3n) is 5.05. The molecule has 1 N–H and O–H groups in total. The standard InChI is InChI=1S/C18H23ClN2O4/c1-25-7-6-21-14-4-3-13(18(21)24)10-20(11-14)17(23)9-12-2-5-16(22)15(19)8-12/h2,5,8,13-14,22H,3-4,6-7,9-11H2,1H3/t13-,14+/m0/s1. The number of piperidine rings is 1. The molecule has 0 saturated carbocycles. The number of rotatable bonds is 5. The molecule has 2 amide bonds. The molecule has 0 aliphatic carbocycles. The molecular formula is C18H23ClN2O4. The van der Waals surface area contributed by atoms with Crippen molar-refractivity contribution in [1.29, 1.82) is 0 Å². The quantitative estimate of drug-likeness (QED) is 0.860. The fraction of sp³-hybridized carbons (Fsp3) is 0.556. The van der Waals surface area contributed by atoms with Crippen LogP contribution in [0.2, 0.25) is 5.02 Å². The number of carbonyl (C=O) groups is 2. The zero-order chi connectivity index (χ0) is 18.0. The Morgan fingerprint density at radius 3 is 2.88 bits per heavy atom. The van der Waals surface area contributed by atoms with Gasteiger partial charge in [0, 0.05) is 32.8 Å². The molecule has 2 bridgehead atoms. The minimum absolute atomic E-state index is 0.00469. The van der Waals surface area contributed by atoms with Crippen molar-refractivity contribution in [3.63, 3.8) is 0 Å². The smallest absolute Gasteiger partial charge is 0.227 e. The molecule has 25 heavy (non-hydrogen) atoms. The molecule has 0 aromatic heterocycles. The van der Waals surface area contributed by atoms with E-state index in [1.807, 2.05) is 4.90 Å². The summed E-state index contributed by atoms with van der Waals surface area (Å²) in [6.45, 7) is 2.13. The number of carbonyl (C=O) groups excluding carboxylic acids is 2. The number of aromatic hydroxyl groups is 1. The Kier molecular flexibility index (Phi) is 5.49. The van der Waals surface area contributed by atoms with E-state index in [9.17, 15) is 14.7 Å². The van der Waals surface area contributed by atoms with Crippen LogP contribution in [0.15, 0.2) is 18.2 Å². The predicted molar refractivity (Wildman–Crippen MR) is 93.5 cm³/mol. The lowest BCUT2D eigenvalue weighted by molar-refractivity contribution is -0.140. The lowest BCUT2D eigenvalue weighted by atomic mass is 9.94. The topological polar surface area (TPSA) is 70.1 Å². The van der Waals surface area contributed by atoms with Crippen molar-refractivity contribution in [3.05, 3.63) is 28.8 Å². The van der Waals surface area contributed by atoms with Crippen LogP contribution in [0.4, 0.5) is 0 Å². The van der Waals surface area contributed by atoms with Crippen molar-refractivity contribution in [1.82, 2.24) is 9.80 Å². The number of benzene rings is 1. The third-order valence-corrected chi connectivity index (χ3v) is 5.35. The van der Waals surface area contributed by atoms with Crippen molar-refractivity contribution < 1.29 is 19.4 Å². The second kappa shape index (κ2) is 7.62. The molecule has 0 radical (unpaired) electrons. The molecule has 3 aliphatic rings. The Bertz CT molecular complexity index is 666. The highest BCUT2D eigenvalue weighted by Crippen LogP contribution is 2.30. The number of nitrogens with zero attached hydrogens (tertiary/aromatic N) is 2. The van der Waals surface area contributed by atoms with Gasteiger partial charge in [0.15, 0.2) is 0 Å². The summed E-state index contributed by atoms with van der Waals surface area (Å²) < 4.78 is 5.11. The predicted octanol–water partition coefficient (Wildman–Crippen LogP) is 1.68. The number of ether oxygens (including phenoxy) is 1. The summed E-state index contributed by atoms with van der Waals surface area (Å²) in [5, 5.41) is 9.73. The van der Waals surface area contributed by atoms with Gasteiger partial charge in [0.25, 0.3) is 0 Å². The molecule has 3 aliphatic heterocycles. The molecule has 1 aromatic rings. The Hall–Kier alpha value is -1.79. The van der Waals surface area contributed by atoms with Gasteiger partial charge in [-0.15, -0.1) is 0 Å². The van der Waals surface area contributed by atoms with Crippen molar-refractivity contribution in [2.75, 3.05) is 33.4 Å². The highest BCUT2D eigenvalue weighted by molar-refractivity contribution is 6.32. The average molecular weight is 367 g/mol. The number of halogens is 1. The van der Waals surface area contributed by atoms with Crippen LogP contribution in [0, 0.1) is 5.92 Å². The second-order valence-corrected chi connectivity index (χ2v) is 7.12. The third kappa shape index (κ3) is 3.90. The molecule has 3 heterocycles. The second-order valence-electron chi connectivity index (χ2n) is 6.71.